The van der Waals surface area contributed by atoms with Gasteiger partial charge in [-0.25, -0.2) is 4.98 Å². The van der Waals surface area contributed by atoms with E-state index in [-0.39, 0.29) is 18.8 Å². The molecule has 6 heteroatoms. The fourth-order valence-corrected chi connectivity index (χ4v) is 3.22. The van der Waals surface area contributed by atoms with Crippen LogP contribution < -0.4 is 4.90 Å². The van der Waals surface area contributed by atoms with E-state index in [1.54, 1.807) is 11.3 Å². The molecule has 0 aliphatic carbocycles. The van der Waals surface area contributed by atoms with Gasteiger partial charge in [0.2, 0.25) is 0 Å². The minimum absolute atomic E-state index is 0.250. The SMILES string of the molecule is CCc1csc(N2CCCCCC2CO)n1.O=C=O. The Kier molecular flexibility index (Phi) is 7.33. The van der Waals surface area contributed by atoms with Gasteiger partial charge in [0.15, 0.2) is 5.13 Å². The summed E-state index contributed by atoms with van der Waals surface area (Å²) in [6.45, 7) is 3.42. The van der Waals surface area contributed by atoms with Crippen LogP contribution in [0.4, 0.5) is 5.13 Å². The van der Waals surface area contributed by atoms with Crippen LogP contribution in [0.15, 0.2) is 5.38 Å². The summed E-state index contributed by atoms with van der Waals surface area (Å²) in [6.07, 6.45) is 6.07. The number of hydrogen-bond acceptors (Lipinski definition) is 6. The first kappa shape index (κ1) is 15.8. The second kappa shape index (κ2) is 8.80. The maximum atomic E-state index is 9.45. The highest BCUT2D eigenvalue weighted by molar-refractivity contribution is 7.13. The molecule has 0 radical (unpaired) electrons. The van der Waals surface area contributed by atoms with Crippen molar-refractivity contribution >= 4 is 22.6 Å². The summed E-state index contributed by atoms with van der Waals surface area (Å²) >= 11 is 1.71. The summed E-state index contributed by atoms with van der Waals surface area (Å²) in [5, 5.41) is 12.7. The number of aliphatic hydroxyl groups is 1. The fourth-order valence-electron chi connectivity index (χ4n) is 2.21. The minimum atomic E-state index is 0.250. The summed E-state index contributed by atoms with van der Waals surface area (Å²) < 4.78 is 0. The van der Waals surface area contributed by atoms with Crippen molar-refractivity contribution in [3.63, 3.8) is 0 Å². The molecule has 0 aromatic carbocycles. The fraction of sp³-hybridized carbons (Fsp3) is 0.692. The zero-order chi connectivity index (χ0) is 14.1. The lowest BCUT2D eigenvalue weighted by atomic mass is 10.1. The summed E-state index contributed by atoms with van der Waals surface area (Å²) in [4.78, 5) is 23.2. The molecular weight excluding hydrogens is 264 g/mol. The Morgan fingerprint density at radius 2 is 2.21 bits per heavy atom. The summed E-state index contributed by atoms with van der Waals surface area (Å²) in [7, 11) is 0. The van der Waals surface area contributed by atoms with E-state index in [0.717, 1.165) is 24.5 Å². The van der Waals surface area contributed by atoms with Gasteiger partial charge in [-0.2, -0.15) is 9.59 Å². The number of nitrogens with zero attached hydrogens (tertiary/aromatic N) is 2. The van der Waals surface area contributed by atoms with Gasteiger partial charge in [0.25, 0.3) is 0 Å². The number of aryl methyl sites for hydroxylation is 1. The van der Waals surface area contributed by atoms with E-state index < -0.39 is 0 Å². The number of carbonyl (C=O) groups excluding carboxylic acids is 2. The minimum Gasteiger partial charge on any atom is -0.394 e. The van der Waals surface area contributed by atoms with E-state index in [9.17, 15) is 5.11 Å². The number of rotatable bonds is 3. The zero-order valence-corrected chi connectivity index (χ0v) is 12.0. The van der Waals surface area contributed by atoms with Crippen LogP contribution in [0.2, 0.25) is 0 Å². The molecule has 0 bridgehead atoms. The Morgan fingerprint density at radius 1 is 1.47 bits per heavy atom. The van der Waals surface area contributed by atoms with Crippen LogP contribution in [-0.2, 0) is 16.0 Å². The van der Waals surface area contributed by atoms with Crippen LogP contribution in [-0.4, -0.2) is 35.4 Å². The maximum Gasteiger partial charge on any atom is 0.373 e. The number of thiazole rings is 1. The highest BCUT2D eigenvalue weighted by atomic mass is 32.1. The predicted octanol–water partition coefficient (Wildman–Crippen LogP) is 1.86. The van der Waals surface area contributed by atoms with Gasteiger partial charge in [-0.15, -0.1) is 11.3 Å². The third-order valence-corrected chi connectivity index (χ3v) is 4.16. The zero-order valence-electron chi connectivity index (χ0n) is 11.2. The molecule has 2 rings (SSSR count). The predicted molar refractivity (Wildman–Crippen MR) is 73.2 cm³/mol. The Bertz CT molecular complexity index is 402. The van der Waals surface area contributed by atoms with E-state index in [4.69, 9.17) is 9.59 Å². The van der Waals surface area contributed by atoms with Crippen LogP contribution in [0.5, 0.6) is 0 Å². The smallest absolute Gasteiger partial charge is 0.373 e. The Balaban J connectivity index is 0.000000550. The highest BCUT2D eigenvalue weighted by Crippen LogP contribution is 2.27. The van der Waals surface area contributed by atoms with Crippen molar-refractivity contribution in [2.75, 3.05) is 18.1 Å². The lowest BCUT2D eigenvalue weighted by molar-refractivity contribution is -0.191. The molecule has 1 N–H and O–H groups in total. The number of aliphatic hydroxyl groups excluding tert-OH is 1. The molecule has 1 aliphatic heterocycles. The molecule has 1 unspecified atom stereocenters. The average molecular weight is 284 g/mol. The second-order valence-corrected chi connectivity index (χ2v) is 5.27. The van der Waals surface area contributed by atoms with Crippen LogP contribution in [0, 0.1) is 0 Å². The van der Waals surface area contributed by atoms with E-state index in [1.807, 2.05) is 0 Å². The van der Waals surface area contributed by atoms with Gasteiger partial charge < -0.3 is 10.0 Å². The largest absolute Gasteiger partial charge is 0.394 e. The molecule has 2 heterocycles. The van der Waals surface area contributed by atoms with Crippen molar-refractivity contribution in [1.82, 2.24) is 4.98 Å². The van der Waals surface area contributed by atoms with Gasteiger partial charge in [-0.05, 0) is 19.3 Å². The summed E-state index contributed by atoms with van der Waals surface area (Å²) in [5.41, 5.74) is 1.17. The first-order valence-electron chi connectivity index (χ1n) is 6.58. The Hall–Kier alpha value is -1.23. The van der Waals surface area contributed by atoms with Crippen molar-refractivity contribution < 1.29 is 14.7 Å². The van der Waals surface area contributed by atoms with Crippen LogP contribution in [0.25, 0.3) is 0 Å². The number of aromatic nitrogens is 1. The monoisotopic (exact) mass is 284 g/mol. The van der Waals surface area contributed by atoms with Gasteiger partial charge in [0.05, 0.1) is 18.3 Å². The van der Waals surface area contributed by atoms with Crippen LogP contribution in [0.1, 0.15) is 38.3 Å². The topological polar surface area (TPSA) is 70.5 Å². The lowest BCUT2D eigenvalue weighted by Gasteiger charge is -2.27. The Labute approximate surface area is 117 Å². The molecular formula is C13H20N2O3S. The first-order valence-corrected chi connectivity index (χ1v) is 7.46. The Morgan fingerprint density at radius 3 is 2.79 bits per heavy atom. The molecule has 1 aromatic rings. The second-order valence-electron chi connectivity index (χ2n) is 4.44. The number of anilines is 1. The summed E-state index contributed by atoms with van der Waals surface area (Å²) in [6, 6.07) is 0.276. The van der Waals surface area contributed by atoms with Crippen molar-refractivity contribution in [3.8, 4) is 0 Å². The molecule has 1 aliphatic rings. The van der Waals surface area contributed by atoms with Gasteiger partial charge in [0.1, 0.15) is 0 Å². The van der Waals surface area contributed by atoms with Gasteiger partial charge in [-0.3, -0.25) is 0 Å². The lowest BCUT2D eigenvalue weighted by Crippen LogP contribution is -2.37. The van der Waals surface area contributed by atoms with Gasteiger partial charge >= 0.3 is 6.15 Å². The molecule has 1 fully saturated rings. The van der Waals surface area contributed by atoms with Gasteiger partial charge in [-0.1, -0.05) is 19.8 Å². The molecule has 0 spiro atoms. The molecule has 1 atom stereocenters. The highest BCUT2D eigenvalue weighted by Gasteiger charge is 2.22. The molecule has 106 valence electrons. The quantitative estimate of drug-likeness (QED) is 0.917. The third-order valence-electron chi connectivity index (χ3n) is 3.24. The molecule has 19 heavy (non-hydrogen) atoms. The average Bonchev–Trinajstić information content (AvgIpc) is 2.77. The van der Waals surface area contributed by atoms with Gasteiger partial charge in [0, 0.05) is 11.9 Å². The van der Waals surface area contributed by atoms with E-state index in [1.165, 1.54) is 25.0 Å². The van der Waals surface area contributed by atoms with Crippen LogP contribution in [0.3, 0.4) is 0 Å². The van der Waals surface area contributed by atoms with Crippen molar-refractivity contribution in [2.24, 2.45) is 0 Å². The standard InChI is InChI=1S/C12H20N2OS.CO2/c1-2-10-9-16-12(13-10)14-7-5-3-4-6-11(14)8-15;2-1-3/h9,11,15H,2-8H2,1H3;. The summed E-state index contributed by atoms with van der Waals surface area (Å²) in [5.74, 6) is 0. The molecule has 0 amide bonds. The maximum absolute atomic E-state index is 9.45. The molecule has 1 saturated heterocycles. The molecule has 0 saturated carbocycles. The third kappa shape index (κ3) is 4.74. The van der Waals surface area contributed by atoms with E-state index in [2.05, 4.69) is 22.2 Å². The first-order chi connectivity index (χ1) is 9.26. The van der Waals surface area contributed by atoms with Crippen molar-refractivity contribution in [2.45, 2.75) is 45.1 Å². The van der Waals surface area contributed by atoms with E-state index in [0.29, 0.717) is 0 Å². The van der Waals surface area contributed by atoms with Crippen molar-refractivity contribution in [1.29, 1.82) is 0 Å². The molecule has 1 aromatic heterocycles. The van der Waals surface area contributed by atoms with Crippen LogP contribution >= 0.6 is 11.3 Å². The number of hydrogen-bond donors (Lipinski definition) is 1. The van der Waals surface area contributed by atoms with Crippen molar-refractivity contribution in [3.05, 3.63) is 11.1 Å². The normalized spacial score (nSPS) is 19.1. The van der Waals surface area contributed by atoms with E-state index >= 15 is 0 Å². The molecule has 5 nitrogen and oxygen atoms in total.